The molecule has 1 saturated heterocycles. The molecule has 2 amide bonds. The third-order valence-corrected chi connectivity index (χ3v) is 14.5. The number of carboxylic acid groups (broad SMARTS) is 1. The number of unbranched alkanes of at least 4 members (excludes halogenated alkanes) is 1. The van der Waals surface area contributed by atoms with Gasteiger partial charge in [-0.05, 0) is 23.5 Å². The summed E-state index contributed by atoms with van der Waals surface area (Å²) in [6.07, 6.45) is 3.39. The number of fused-ring (bicyclic) bond motifs is 2. The minimum atomic E-state index is -1.08. The minimum Gasteiger partial charge on any atom is -0.491 e. The van der Waals surface area contributed by atoms with Crippen LogP contribution >= 0.6 is 47.0 Å². The normalized spacial score (nSPS) is 15.7. The number of esters is 1. The smallest absolute Gasteiger partial charge is 0.350 e. The Morgan fingerprint density at radius 1 is 0.814 bits per heavy atom. The van der Waals surface area contributed by atoms with Crippen LogP contribution < -0.4 is 9.47 Å². The molecule has 0 aliphatic carbocycles. The van der Waals surface area contributed by atoms with Gasteiger partial charge in [0.25, 0.3) is 18.3 Å². The molecule has 6 rings (SSSR count). The lowest BCUT2D eigenvalue weighted by Gasteiger charge is -2.27. The standard InChI is InChI=1S/C42H41N3O10S4/c1-3-5-12-26(4-2)24-55-40(51)29(21-43)41-56-34-32(53-18-17-30(47)48)36-37(33(35(34)57-41)54-20-19-52-25-46)59-42(58-36)31-38(49)44(22-27-13-8-6-9-14-27)45(39(31)50)23-28-15-10-7-11-16-28/h6-11,13-16,25-26H,3-5,12,17-20,22-24H2,1-2H3,(H,47,48)/b41-29-. The number of carbonyl (C=O) groups is 5. The number of ether oxygens (including phenoxy) is 4. The Kier molecular flexibility index (Phi) is 15.3. The number of hydrogen-bond donors (Lipinski definition) is 1. The van der Waals surface area contributed by atoms with Crippen LogP contribution in [0.3, 0.4) is 0 Å². The average molecular weight is 876 g/mol. The van der Waals surface area contributed by atoms with Crippen LogP contribution in [0.1, 0.15) is 57.1 Å². The molecule has 1 N–H and O–H groups in total. The Bertz CT molecular complexity index is 2130. The summed E-state index contributed by atoms with van der Waals surface area (Å²) >= 11 is 4.44. The first-order valence-electron chi connectivity index (χ1n) is 18.9. The van der Waals surface area contributed by atoms with Gasteiger partial charge in [0.2, 0.25) is 0 Å². The molecule has 0 radical (unpaired) electrons. The molecule has 0 spiro atoms. The summed E-state index contributed by atoms with van der Waals surface area (Å²) in [7, 11) is 0. The Balaban J connectivity index is 1.41. The molecule has 3 aliphatic heterocycles. The van der Waals surface area contributed by atoms with Crippen molar-refractivity contribution in [1.29, 1.82) is 5.26 Å². The molecular weight excluding hydrogens is 835 g/mol. The number of hydrazine groups is 1. The average Bonchev–Trinajstić information content (AvgIpc) is 3.93. The zero-order valence-electron chi connectivity index (χ0n) is 32.3. The zero-order chi connectivity index (χ0) is 41.9. The minimum absolute atomic E-state index is 0.0466. The van der Waals surface area contributed by atoms with Crippen LogP contribution in [0.2, 0.25) is 0 Å². The van der Waals surface area contributed by atoms with E-state index in [-0.39, 0.29) is 68.8 Å². The highest BCUT2D eigenvalue weighted by Crippen LogP contribution is 2.68. The number of nitriles is 1. The molecule has 59 heavy (non-hydrogen) atoms. The number of amides is 2. The topological polar surface area (TPSA) is 173 Å². The highest BCUT2D eigenvalue weighted by Gasteiger charge is 2.46. The second kappa shape index (κ2) is 20.8. The number of hydrogen-bond acceptors (Lipinski definition) is 14. The first-order valence-corrected chi connectivity index (χ1v) is 22.2. The van der Waals surface area contributed by atoms with Crippen LogP contribution in [-0.4, -0.2) is 71.8 Å². The molecule has 3 aliphatic rings. The van der Waals surface area contributed by atoms with Gasteiger partial charge in [0.1, 0.15) is 36.4 Å². The molecule has 1 unspecified atom stereocenters. The van der Waals surface area contributed by atoms with Crippen LogP contribution in [0.15, 0.2) is 99.9 Å². The van der Waals surface area contributed by atoms with Crippen molar-refractivity contribution in [2.75, 3.05) is 26.4 Å². The van der Waals surface area contributed by atoms with Crippen molar-refractivity contribution in [3.8, 4) is 17.6 Å². The van der Waals surface area contributed by atoms with Gasteiger partial charge in [0.05, 0.1) is 60.8 Å². The van der Waals surface area contributed by atoms with Gasteiger partial charge in [-0.1, -0.05) is 141 Å². The van der Waals surface area contributed by atoms with E-state index in [2.05, 4.69) is 6.92 Å². The maximum atomic E-state index is 14.4. The van der Waals surface area contributed by atoms with E-state index in [0.29, 0.717) is 40.3 Å². The van der Waals surface area contributed by atoms with Gasteiger partial charge < -0.3 is 24.1 Å². The fourth-order valence-electron chi connectivity index (χ4n) is 6.26. The maximum Gasteiger partial charge on any atom is 0.350 e. The largest absolute Gasteiger partial charge is 0.491 e. The summed E-state index contributed by atoms with van der Waals surface area (Å²) in [6, 6.07) is 20.7. The molecule has 3 aromatic rings. The van der Waals surface area contributed by atoms with E-state index < -0.39 is 23.8 Å². The second-order valence-corrected chi connectivity index (χ2v) is 17.9. The van der Waals surface area contributed by atoms with Gasteiger partial charge in [-0.15, -0.1) is 0 Å². The van der Waals surface area contributed by atoms with Gasteiger partial charge in [0.15, 0.2) is 5.57 Å². The highest BCUT2D eigenvalue weighted by molar-refractivity contribution is 8.26. The predicted molar refractivity (Wildman–Crippen MR) is 223 cm³/mol. The summed E-state index contributed by atoms with van der Waals surface area (Å²) in [5.74, 6) is -2.13. The van der Waals surface area contributed by atoms with Gasteiger partial charge in [0, 0.05) is 0 Å². The van der Waals surface area contributed by atoms with E-state index in [9.17, 15) is 34.3 Å². The lowest BCUT2D eigenvalue weighted by Crippen LogP contribution is -2.39. The Hall–Kier alpha value is -5.02. The van der Waals surface area contributed by atoms with Crippen LogP contribution in [0.5, 0.6) is 11.5 Å². The Labute approximate surface area is 358 Å². The third-order valence-electron chi connectivity index (χ3n) is 9.35. The highest BCUT2D eigenvalue weighted by atomic mass is 32.2. The molecule has 1 atom stereocenters. The van der Waals surface area contributed by atoms with Crippen molar-refractivity contribution < 1.29 is 48.0 Å². The monoisotopic (exact) mass is 875 g/mol. The van der Waals surface area contributed by atoms with E-state index in [0.717, 1.165) is 83.9 Å². The van der Waals surface area contributed by atoms with Gasteiger partial charge >= 0.3 is 11.9 Å². The molecule has 308 valence electrons. The van der Waals surface area contributed by atoms with E-state index in [1.807, 2.05) is 73.7 Å². The molecular formula is C42H41N3O10S4. The SMILES string of the molecule is CCCCC(CC)COC(=O)/C(C#N)=C1\Sc2c(OCCOC=O)c3c(c(OCCC(=O)O)c2S1)SC(=C1C(=O)N(Cc2ccccc2)N(Cc2ccccc2)C1=O)S3. The molecule has 3 heterocycles. The van der Waals surface area contributed by atoms with Gasteiger partial charge in [-0.3, -0.25) is 19.2 Å². The molecule has 13 nitrogen and oxygen atoms in total. The van der Waals surface area contributed by atoms with Crippen molar-refractivity contribution in [1.82, 2.24) is 10.0 Å². The summed E-state index contributed by atoms with van der Waals surface area (Å²) < 4.78 is 23.7. The number of thioether (sulfide) groups is 4. The van der Waals surface area contributed by atoms with Crippen molar-refractivity contribution in [3.63, 3.8) is 0 Å². The Morgan fingerprint density at radius 2 is 1.36 bits per heavy atom. The molecule has 0 aromatic heterocycles. The predicted octanol–water partition coefficient (Wildman–Crippen LogP) is 8.18. The lowest BCUT2D eigenvalue weighted by atomic mass is 10.0. The van der Waals surface area contributed by atoms with E-state index >= 15 is 0 Å². The van der Waals surface area contributed by atoms with Crippen LogP contribution in [0.25, 0.3) is 0 Å². The summed E-state index contributed by atoms with van der Waals surface area (Å²) in [5, 5.41) is 22.6. The Morgan fingerprint density at radius 3 is 1.85 bits per heavy atom. The van der Waals surface area contributed by atoms with Crippen molar-refractivity contribution in [2.24, 2.45) is 5.92 Å². The second-order valence-electron chi connectivity index (χ2n) is 13.3. The fraction of sp³-hybridized carbons (Fsp3) is 0.333. The number of rotatable bonds is 20. The van der Waals surface area contributed by atoms with Crippen molar-refractivity contribution in [2.45, 2.75) is 78.6 Å². The third kappa shape index (κ3) is 10.2. The number of aliphatic carboxylic acids is 1. The number of carboxylic acids is 1. The van der Waals surface area contributed by atoms with Crippen LogP contribution in [-0.2, 0) is 46.5 Å². The van der Waals surface area contributed by atoms with Gasteiger partial charge in [-0.25, -0.2) is 14.8 Å². The molecule has 3 aromatic carbocycles. The first-order chi connectivity index (χ1) is 28.7. The number of carbonyl (C=O) groups excluding carboxylic acids is 4. The van der Waals surface area contributed by atoms with Crippen molar-refractivity contribution in [3.05, 3.63) is 91.4 Å². The fourth-order valence-corrected chi connectivity index (χ4v) is 11.7. The molecule has 1 fully saturated rings. The zero-order valence-corrected chi connectivity index (χ0v) is 35.6. The molecule has 0 saturated carbocycles. The molecule has 0 bridgehead atoms. The molecule has 17 heteroatoms. The van der Waals surface area contributed by atoms with E-state index in [1.165, 1.54) is 10.0 Å². The number of benzene rings is 3. The summed E-state index contributed by atoms with van der Waals surface area (Å²) in [4.78, 5) is 66.7. The summed E-state index contributed by atoms with van der Waals surface area (Å²) in [6.45, 7) is 4.49. The van der Waals surface area contributed by atoms with Crippen LogP contribution in [0, 0.1) is 17.2 Å². The van der Waals surface area contributed by atoms with Gasteiger partial charge in [-0.2, -0.15) is 5.26 Å². The quantitative estimate of drug-likeness (QED) is 0.0287. The summed E-state index contributed by atoms with van der Waals surface area (Å²) in [5.41, 5.74) is 1.41. The maximum absolute atomic E-state index is 14.4. The van der Waals surface area contributed by atoms with E-state index in [1.54, 1.807) is 0 Å². The number of nitrogens with zero attached hydrogens (tertiary/aromatic N) is 3. The first kappa shape index (κ1) is 43.6. The van der Waals surface area contributed by atoms with Crippen molar-refractivity contribution >= 4 is 77.3 Å². The van der Waals surface area contributed by atoms with Crippen LogP contribution in [0.4, 0.5) is 0 Å². The lowest BCUT2D eigenvalue weighted by molar-refractivity contribution is -0.149. The van der Waals surface area contributed by atoms with E-state index in [4.69, 9.17) is 18.9 Å².